The highest BCUT2D eigenvalue weighted by Gasteiger charge is 2.30. The van der Waals surface area contributed by atoms with Gasteiger partial charge in [-0.3, -0.25) is 37.3 Å². The number of carbonyl (C=O) groups is 4. The van der Waals surface area contributed by atoms with Crippen LogP contribution < -0.4 is 0 Å². The van der Waals surface area contributed by atoms with Crippen LogP contribution in [-0.4, -0.2) is 96.7 Å². The molecule has 0 saturated heterocycles. The lowest BCUT2D eigenvalue weighted by molar-refractivity contribution is -0.161. The number of rotatable bonds is 80. The molecule has 3 N–H and O–H groups in total. The third kappa shape index (κ3) is 73.0. The van der Waals surface area contributed by atoms with Crippen molar-refractivity contribution in [1.82, 2.24) is 0 Å². The number of hydrogen-bond donors (Lipinski definition) is 3. The van der Waals surface area contributed by atoms with Gasteiger partial charge in [0.05, 0.1) is 26.4 Å². The van der Waals surface area contributed by atoms with Gasteiger partial charge in [-0.25, -0.2) is 9.13 Å². The molecule has 0 aromatic carbocycles. The first kappa shape index (κ1) is 98.1. The van der Waals surface area contributed by atoms with E-state index in [9.17, 15) is 43.2 Å². The Balaban J connectivity index is 5.12. The van der Waals surface area contributed by atoms with E-state index in [1.807, 2.05) is 0 Å². The molecule has 0 saturated carbocycles. The van der Waals surface area contributed by atoms with Crippen molar-refractivity contribution in [3.8, 4) is 0 Å². The number of hydrogen-bond acceptors (Lipinski definition) is 15. The van der Waals surface area contributed by atoms with E-state index >= 15 is 0 Å². The van der Waals surface area contributed by atoms with Crippen LogP contribution in [-0.2, 0) is 65.4 Å². The van der Waals surface area contributed by atoms with Gasteiger partial charge in [-0.2, -0.15) is 0 Å². The van der Waals surface area contributed by atoms with E-state index in [0.29, 0.717) is 25.7 Å². The summed E-state index contributed by atoms with van der Waals surface area (Å²) in [7, 11) is -9.91. The van der Waals surface area contributed by atoms with Crippen molar-refractivity contribution >= 4 is 39.5 Å². The number of ether oxygens (including phenoxy) is 4. The lowest BCUT2D eigenvalue weighted by Gasteiger charge is -2.21. The van der Waals surface area contributed by atoms with Gasteiger partial charge in [0.1, 0.15) is 19.3 Å². The summed E-state index contributed by atoms with van der Waals surface area (Å²) in [6.45, 7) is 9.60. The fourth-order valence-corrected chi connectivity index (χ4v) is 14.1. The van der Waals surface area contributed by atoms with Gasteiger partial charge in [-0.1, -0.05) is 375 Å². The van der Waals surface area contributed by atoms with Gasteiger partial charge in [-0.15, -0.1) is 0 Å². The van der Waals surface area contributed by atoms with Gasteiger partial charge in [0.25, 0.3) is 0 Å². The smallest absolute Gasteiger partial charge is 0.462 e. The zero-order valence-corrected chi connectivity index (χ0v) is 67.3. The Morgan fingerprint density at radius 1 is 0.290 bits per heavy atom. The zero-order chi connectivity index (χ0) is 73.5. The van der Waals surface area contributed by atoms with Crippen LogP contribution >= 0.6 is 15.6 Å². The molecule has 19 heteroatoms. The van der Waals surface area contributed by atoms with E-state index in [-0.39, 0.29) is 25.7 Å². The number of carbonyl (C=O) groups excluding carboxylic acids is 4. The van der Waals surface area contributed by atoms with Crippen molar-refractivity contribution in [2.45, 2.75) is 445 Å². The molecule has 0 spiro atoms. The first-order valence-corrected chi connectivity index (χ1v) is 45.0. The summed E-state index contributed by atoms with van der Waals surface area (Å²) in [6.07, 6.45) is 63.0. The number of phosphoric acid groups is 2. The molecule has 0 aromatic heterocycles. The molecule has 0 heterocycles. The number of unbranched alkanes of at least 4 members (excludes halogenated alkanes) is 49. The van der Waals surface area contributed by atoms with Crippen LogP contribution in [0.5, 0.6) is 0 Å². The SMILES string of the molecule is CCCCCCCCCCCCCCCCCCCCCCCCC(=O)O[C@H](COC(=O)CCCCCCCCCCCCCCCCC(C)CC)COP(=O)(O)OC[C@@H](O)COP(=O)(O)OC[C@@H](COC(=O)CCCCCCC)OC(=O)CCCCCCCCCCCCCCC(C)C. The minimum Gasteiger partial charge on any atom is -0.462 e. The maximum absolute atomic E-state index is 13.1. The van der Waals surface area contributed by atoms with E-state index in [4.69, 9.17) is 37.0 Å². The molecule has 0 bridgehead atoms. The summed E-state index contributed by atoms with van der Waals surface area (Å²) in [5.41, 5.74) is 0. The Labute approximate surface area is 613 Å². The lowest BCUT2D eigenvalue weighted by atomic mass is 9.99. The highest BCUT2D eigenvalue weighted by atomic mass is 31.2. The van der Waals surface area contributed by atoms with Crippen molar-refractivity contribution in [3.63, 3.8) is 0 Å². The molecular formula is C81H158O17P2. The third-order valence-electron chi connectivity index (χ3n) is 19.3. The Hall–Kier alpha value is -1.94. The maximum atomic E-state index is 13.1. The molecule has 594 valence electrons. The Bertz CT molecular complexity index is 1930. The van der Waals surface area contributed by atoms with Crippen molar-refractivity contribution in [2.24, 2.45) is 11.8 Å². The molecule has 0 amide bonds. The largest absolute Gasteiger partial charge is 0.472 e. The minimum atomic E-state index is -4.96. The monoisotopic (exact) mass is 1470 g/mol. The summed E-state index contributed by atoms with van der Waals surface area (Å²) in [6, 6.07) is 0. The molecule has 0 aliphatic heterocycles. The van der Waals surface area contributed by atoms with Crippen LogP contribution in [0.15, 0.2) is 0 Å². The van der Waals surface area contributed by atoms with Gasteiger partial charge in [0.2, 0.25) is 0 Å². The number of aliphatic hydroxyl groups is 1. The molecule has 0 aliphatic rings. The van der Waals surface area contributed by atoms with E-state index in [0.717, 1.165) is 108 Å². The number of aliphatic hydroxyl groups excluding tert-OH is 1. The summed E-state index contributed by atoms with van der Waals surface area (Å²) < 4.78 is 68.5. The van der Waals surface area contributed by atoms with Crippen molar-refractivity contribution < 1.29 is 80.2 Å². The molecule has 0 aromatic rings. The second-order valence-electron chi connectivity index (χ2n) is 29.9. The fourth-order valence-electron chi connectivity index (χ4n) is 12.5. The average molecular weight is 1470 g/mol. The van der Waals surface area contributed by atoms with E-state index in [2.05, 4.69) is 41.5 Å². The Morgan fingerprint density at radius 2 is 0.510 bits per heavy atom. The van der Waals surface area contributed by atoms with Crippen LogP contribution in [0.3, 0.4) is 0 Å². The van der Waals surface area contributed by atoms with E-state index in [1.54, 1.807) is 0 Å². The van der Waals surface area contributed by atoms with Crippen LogP contribution in [0.1, 0.15) is 427 Å². The van der Waals surface area contributed by atoms with Gasteiger partial charge >= 0.3 is 39.5 Å². The lowest BCUT2D eigenvalue weighted by Crippen LogP contribution is -2.30. The van der Waals surface area contributed by atoms with Crippen molar-refractivity contribution in [3.05, 3.63) is 0 Å². The predicted molar refractivity (Wildman–Crippen MR) is 409 cm³/mol. The van der Waals surface area contributed by atoms with Crippen molar-refractivity contribution in [1.29, 1.82) is 0 Å². The van der Waals surface area contributed by atoms with Crippen LogP contribution in [0.25, 0.3) is 0 Å². The third-order valence-corrected chi connectivity index (χ3v) is 21.2. The molecule has 100 heavy (non-hydrogen) atoms. The first-order valence-electron chi connectivity index (χ1n) is 42.0. The Kier molecular flexibility index (Phi) is 71.2. The average Bonchev–Trinajstić information content (AvgIpc) is 0.932. The van der Waals surface area contributed by atoms with Gasteiger partial charge in [0.15, 0.2) is 12.2 Å². The molecule has 0 fully saturated rings. The standard InChI is InChI=1S/C81H158O17P2/c1-7-10-12-14-15-16-17-18-19-20-21-22-23-24-25-26-31-37-42-47-53-59-66-81(86)98-77(70-92-79(84)64-58-52-46-41-36-30-28-27-29-35-40-45-51-56-62-74(6)9-3)72-96-100(89,90)94-68-75(82)67-93-99(87,88)95-71-76(69-91-78(83)63-57-49-13-11-8-2)97-80(85)65-60-54-48-43-38-33-32-34-39-44-50-55-61-73(4)5/h73-77,82H,7-72H2,1-6H3,(H,87,88)(H,89,90)/t74?,75-,76+,77+/m0/s1. The minimum absolute atomic E-state index is 0.106. The molecule has 0 radical (unpaired) electrons. The summed E-state index contributed by atoms with van der Waals surface area (Å²) in [5.74, 6) is -0.495. The van der Waals surface area contributed by atoms with E-state index in [1.165, 1.54) is 238 Å². The highest BCUT2D eigenvalue weighted by molar-refractivity contribution is 7.47. The predicted octanol–water partition coefficient (Wildman–Crippen LogP) is 24.3. The molecule has 3 unspecified atom stereocenters. The van der Waals surface area contributed by atoms with Crippen LogP contribution in [0.4, 0.5) is 0 Å². The normalized spacial score (nSPS) is 14.2. The number of phosphoric ester groups is 2. The van der Waals surface area contributed by atoms with Gasteiger partial charge in [0, 0.05) is 25.7 Å². The molecule has 0 rings (SSSR count). The topological polar surface area (TPSA) is 237 Å². The summed E-state index contributed by atoms with van der Waals surface area (Å²) >= 11 is 0. The second kappa shape index (κ2) is 72.6. The summed E-state index contributed by atoms with van der Waals surface area (Å²) in [5, 5.41) is 10.6. The van der Waals surface area contributed by atoms with Crippen molar-refractivity contribution in [2.75, 3.05) is 39.6 Å². The Morgan fingerprint density at radius 3 is 0.760 bits per heavy atom. The summed E-state index contributed by atoms with van der Waals surface area (Å²) in [4.78, 5) is 72.7. The molecule has 0 aliphatic carbocycles. The maximum Gasteiger partial charge on any atom is 0.472 e. The van der Waals surface area contributed by atoms with Gasteiger partial charge < -0.3 is 33.8 Å². The second-order valence-corrected chi connectivity index (χ2v) is 32.8. The fraction of sp³-hybridized carbons (Fsp3) is 0.951. The molecule has 17 nitrogen and oxygen atoms in total. The van der Waals surface area contributed by atoms with Crippen LogP contribution in [0, 0.1) is 11.8 Å². The quantitative estimate of drug-likeness (QED) is 0.0222. The van der Waals surface area contributed by atoms with E-state index < -0.39 is 97.5 Å². The highest BCUT2D eigenvalue weighted by Crippen LogP contribution is 2.45. The van der Waals surface area contributed by atoms with Gasteiger partial charge in [-0.05, 0) is 37.5 Å². The molecule has 6 atom stereocenters. The molecular weight excluding hydrogens is 1310 g/mol. The zero-order valence-electron chi connectivity index (χ0n) is 65.5. The number of esters is 4. The first-order chi connectivity index (χ1) is 48.4. The van der Waals surface area contributed by atoms with Crippen LogP contribution in [0.2, 0.25) is 0 Å².